The number of carbonyl (C=O) groups is 2. The van der Waals surface area contributed by atoms with Gasteiger partial charge < -0.3 is 26.4 Å². The van der Waals surface area contributed by atoms with Gasteiger partial charge in [0.15, 0.2) is 0 Å². The highest BCUT2D eigenvalue weighted by atomic mass is 79.9. The monoisotopic (exact) mass is 294 g/mol. The molecule has 0 bridgehead atoms. The van der Waals surface area contributed by atoms with E-state index in [1.54, 1.807) is 6.92 Å². The fourth-order valence-electron chi connectivity index (χ4n) is 0.372. The molecule has 0 radical (unpaired) electrons. The molecule has 7 nitrogen and oxygen atoms in total. The molecule has 1 aromatic rings. The number of anilines is 1. The number of nitrogen functional groups attached to an aromatic ring is 1. The van der Waals surface area contributed by atoms with E-state index < -0.39 is 6.03 Å². The summed E-state index contributed by atoms with van der Waals surface area (Å²) in [6.45, 7) is 3.59. The van der Waals surface area contributed by atoms with Crippen LogP contribution in [0.2, 0.25) is 0 Å². The van der Waals surface area contributed by atoms with Crippen molar-refractivity contribution in [2.75, 3.05) is 5.73 Å². The normalized spacial score (nSPS) is 9.94. The van der Waals surface area contributed by atoms with Crippen molar-refractivity contribution in [3.05, 3.63) is 12.0 Å². The summed E-state index contributed by atoms with van der Waals surface area (Å²) in [5, 5.41) is 0. The van der Waals surface area contributed by atoms with Crippen LogP contribution in [0, 0.1) is 6.92 Å². The maximum atomic E-state index is 9.46. The zero-order valence-corrected chi connectivity index (χ0v) is 10.6. The molecule has 0 fully saturated rings. The summed E-state index contributed by atoms with van der Waals surface area (Å²) in [4.78, 5) is 22.2. The minimum atomic E-state index is -0.833. The van der Waals surface area contributed by atoms with E-state index in [2.05, 4.69) is 36.8 Å². The third-order valence-electron chi connectivity index (χ3n) is 0.824. The van der Waals surface area contributed by atoms with Gasteiger partial charge in [-0.25, -0.2) is 4.79 Å². The van der Waals surface area contributed by atoms with Gasteiger partial charge in [-0.05, 0) is 13.8 Å². The summed E-state index contributed by atoms with van der Waals surface area (Å²) in [5.41, 5.74) is 14.4. The molecule has 1 unspecified atom stereocenters. The molecule has 0 aliphatic carbocycles. The molecular weight excluding hydrogens is 280 g/mol. The molecule has 0 aliphatic heterocycles. The summed E-state index contributed by atoms with van der Waals surface area (Å²) in [5.74, 6) is 0. The lowest BCUT2D eigenvalue weighted by Crippen LogP contribution is -2.18. The van der Waals surface area contributed by atoms with Crippen LogP contribution >= 0.6 is 15.9 Å². The predicted molar refractivity (Wildman–Crippen MR) is 63.9 cm³/mol. The molecule has 2 amide bonds. The summed E-state index contributed by atoms with van der Waals surface area (Å²) in [6, 6.07) is -0.600. The molecule has 0 spiro atoms. The van der Waals surface area contributed by atoms with Gasteiger partial charge in [-0.3, -0.25) is 0 Å². The molecule has 92 valence electrons. The van der Waals surface area contributed by atoms with E-state index in [1.807, 2.05) is 6.92 Å². The number of carbonyl (C=O) groups excluding carboxylic acids is 2. The number of urea groups is 1. The molecule has 6 N–H and O–H groups in total. The highest BCUT2D eigenvalue weighted by molar-refractivity contribution is 9.09. The Morgan fingerprint density at radius 2 is 2.00 bits per heavy atom. The number of aryl methyl sites for hydroxylation is 1. The molecule has 0 saturated carbocycles. The summed E-state index contributed by atoms with van der Waals surface area (Å²) in [7, 11) is 0. The van der Waals surface area contributed by atoms with Crippen LogP contribution in [0.25, 0.3) is 0 Å². The number of aldehydes is 1. The van der Waals surface area contributed by atoms with Gasteiger partial charge in [0.05, 0.1) is 10.5 Å². The number of nitrogens with zero attached hydrogens (tertiary/aromatic N) is 1. The van der Waals surface area contributed by atoms with Crippen LogP contribution in [0.3, 0.4) is 0 Å². The van der Waals surface area contributed by atoms with Crippen molar-refractivity contribution in [3.63, 3.8) is 0 Å². The molecule has 0 aromatic carbocycles. The largest absolute Gasteiger partial charge is 0.432 e. The zero-order chi connectivity index (χ0) is 13.1. The highest BCUT2D eigenvalue weighted by Crippen LogP contribution is 1.98. The Hall–Kier alpha value is -1.57. The lowest BCUT2D eigenvalue weighted by molar-refractivity contribution is -0.107. The number of nitrogens with two attached hydrogens (primary N) is 3. The first-order chi connectivity index (χ1) is 7.29. The Kier molecular flexibility index (Phi) is 10.5. The van der Waals surface area contributed by atoms with Gasteiger partial charge in [0.2, 0.25) is 0 Å². The standard InChI is InChI=1S/C4H6N2O.C3H5BrO.CH4N2O/c1-3-2-7-4(5)6-3;1-3(4)2-5;2-1(3)4/h2H,1H3,(H2,5,6);2-3H,1H3;(H4,2,3,4). The van der Waals surface area contributed by atoms with E-state index in [9.17, 15) is 4.79 Å². The first-order valence-corrected chi connectivity index (χ1v) is 5.03. The fraction of sp³-hybridized carbons (Fsp3) is 0.375. The molecule has 1 aromatic heterocycles. The SMILES string of the molecule is CC(Br)C=O.Cc1coc(N)n1.NC(N)=O. The van der Waals surface area contributed by atoms with E-state index in [-0.39, 0.29) is 10.8 Å². The van der Waals surface area contributed by atoms with Crippen molar-refractivity contribution in [1.29, 1.82) is 0 Å². The Morgan fingerprint density at radius 3 is 2.06 bits per heavy atom. The number of aromatic nitrogens is 1. The third kappa shape index (κ3) is 18.3. The molecule has 0 saturated heterocycles. The number of amides is 2. The quantitative estimate of drug-likeness (QED) is 0.513. The summed E-state index contributed by atoms with van der Waals surface area (Å²) in [6.07, 6.45) is 2.34. The van der Waals surface area contributed by atoms with Crippen LogP contribution in [-0.4, -0.2) is 22.1 Å². The molecule has 1 atom stereocenters. The predicted octanol–water partition coefficient (Wildman–Crippen LogP) is 0.558. The van der Waals surface area contributed by atoms with Crippen molar-refractivity contribution < 1.29 is 14.0 Å². The molecule has 1 rings (SSSR count). The molecule has 0 aliphatic rings. The Morgan fingerprint density at radius 1 is 1.62 bits per heavy atom. The van der Waals surface area contributed by atoms with Crippen LogP contribution in [0.15, 0.2) is 10.7 Å². The van der Waals surface area contributed by atoms with Gasteiger partial charge in [0.25, 0.3) is 6.01 Å². The maximum absolute atomic E-state index is 9.46. The molecule has 1 heterocycles. The highest BCUT2D eigenvalue weighted by Gasteiger charge is 1.88. The Labute approximate surface area is 101 Å². The number of oxazole rings is 1. The van der Waals surface area contributed by atoms with Crippen molar-refractivity contribution in [2.45, 2.75) is 18.7 Å². The van der Waals surface area contributed by atoms with E-state index >= 15 is 0 Å². The molecule has 16 heavy (non-hydrogen) atoms. The van der Waals surface area contributed by atoms with Crippen LogP contribution in [0.1, 0.15) is 12.6 Å². The number of alkyl halides is 1. The Bertz CT molecular complexity index is 293. The van der Waals surface area contributed by atoms with Crippen molar-refractivity contribution >= 4 is 34.3 Å². The molecule has 8 heteroatoms. The van der Waals surface area contributed by atoms with E-state index in [0.717, 1.165) is 12.0 Å². The lowest BCUT2D eigenvalue weighted by Gasteiger charge is -1.76. The fourth-order valence-corrected chi connectivity index (χ4v) is 0.372. The van der Waals surface area contributed by atoms with Gasteiger partial charge >= 0.3 is 6.03 Å². The van der Waals surface area contributed by atoms with Gasteiger partial charge in [0, 0.05) is 0 Å². The maximum Gasteiger partial charge on any atom is 0.309 e. The van der Waals surface area contributed by atoms with Crippen molar-refractivity contribution in [2.24, 2.45) is 11.5 Å². The second kappa shape index (κ2) is 9.97. The number of halogens is 1. The van der Waals surface area contributed by atoms with Gasteiger partial charge in [-0.15, -0.1) is 0 Å². The number of primary amides is 2. The van der Waals surface area contributed by atoms with Crippen molar-refractivity contribution in [1.82, 2.24) is 4.98 Å². The minimum Gasteiger partial charge on any atom is -0.432 e. The lowest BCUT2D eigenvalue weighted by atomic mass is 10.6. The number of hydrogen-bond donors (Lipinski definition) is 3. The summed E-state index contributed by atoms with van der Waals surface area (Å²) >= 11 is 3.01. The minimum absolute atomic E-state index is 0.0162. The van der Waals surface area contributed by atoms with Crippen LogP contribution < -0.4 is 17.2 Å². The third-order valence-corrected chi connectivity index (χ3v) is 1.04. The van der Waals surface area contributed by atoms with E-state index in [0.29, 0.717) is 0 Å². The first-order valence-electron chi connectivity index (χ1n) is 4.11. The smallest absolute Gasteiger partial charge is 0.309 e. The average Bonchev–Trinajstić information content (AvgIpc) is 2.50. The number of hydrogen-bond acceptors (Lipinski definition) is 5. The molecular formula is C8H15BrN4O3. The van der Waals surface area contributed by atoms with E-state index in [4.69, 9.17) is 10.5 Å². The topological polar surface area (TPSA) is 138 Å². The Balaban J connectivity index is 0. The number of rotatable bonds is 1. The van der Waals surface area contributed by atoms with Crippen molar-refractivity contribution in [3.8, 4) is 0 Å². The van der Waals surface area contributed by atoms with Crippen LogP contribution in [-0.2, 0) is 4.79 Å². The second-order valence-corrected chi connectivity index (χ2v) is 3.99. The van der Waals surface area contributed by atoms with Crippen LogP contribution in [0.4, 0.5) is 10.8 Å². The summed E-state index contributed by atoms with van der Waals surface area (Å²) < 4.78 is 4.63. The zero-order valence-electron chi connectivity index (χ0n) is 9.01. The van der Waals surface area contributed by atoms with E-state index in [1.165, 1.54) is 6.26 Å². The average molecular weight is 295 g/mol. The second-order valence-electron chi connectivity index (χ2n) is 2.54. The van der Waals surface area contributed by atoms with Gasteiger partial charge in [-0.2, -0.15) is 4.98 Å². The van der Waals surface area contributed by atoms with Gasteiger partial charge in [0.1, 0.15) is 12.5 Å². The van der Waals surface area contributed by atoms with Gasteiger partial charge in [-0.1, -0.05) is 15.9 Å². The van der Waals surface area contributed by atoms with Crippen LogP contribution in [0.5, 0.6) is 0 Å². The first kappa shape index (κ1) is 16.8.